The van der Waals surface area contributed by atoms with E-state index in [1.165, 1.54) is 5.56 Å². The van der Waals surface area contributed by atoms with E-state index in [1.807, 2.05) is 31.2 Å². The molecule has 2 rings (SSSR count). The van der Waals surface area contributed by atoms with Crippen LogP contribution in [0.4, 0.5) is 0 Å². The van der Waals surface area contributed by atoms with Gasteiger partial charge in [-0.1, -0.05) is 17.7 Å². The SMILES string of the molecule is CCNC(=NCC(C)Oc1ccc(C)cc1)NC1CCN(CC(N)=O)CC1.I. The van der Waals surface area contributed by atoms with Gasteiger partial charge in [-0.3, -0.25) is 9.69 Å². The third-order valence-corrected chi connectivity index (χ3v) is 4.52. The fourth-order valence-corrected chi connectivity index (χ4v) is 3.08. The van der Waals surface area contributed by atoms with Crippen LogP contribution in [0.25, 0.3) is 0 Å². The highest BCUT2D eigenvalue weighted by atomic mass is 127. The number of hydrogen-bond donors (Lipinski definition) is 3. The summed E-state index contributed by atoms with van der Waals surface area (Å²) < 4.78 is 5.93. The van der Waals surface area contributed by atoms with Gasteiger partial charge in [0.25, 0.3) is 0 Å². The number of likely N-dealkylation sites (tertiary alicyclic amines) is 1. The van der Waals surface area contributed by atoms with E-state index in [0.29, 0.717) is 19.1 Å². The van der Waals surface area contributed by atoms with Crippen molar-refractivity contribution in [3.8, 4) is 5.75 Å². The predicted octanol–water partition coefficient (Wildman–Crippen LogP) is 1.89. The zero-order chi connectivity index (χ0) is 19.6. The summed E-state index contributed by atoms with van der Waals surface area (Å²) in [6.07, 6.45) is 1.92. The second kappa shape index (κ2) is 12.8. The Labute approximate surface area is 185 Å². The van der Waals surface area contributed by atoms with E-state index >= 15 is 0 Å². The molecule has 0 saturated carbocycles. The highest BCUT2D eigenvalue weighted by Gasteiger charge is 2.20. The molecule has 158 valence electrons. The number of aryl methyl sites for hydroxylation is 1. The number of carbonyl (C=O) groups excluding carboxylic acids is 1. The largest absolute Gasteiger partial charge is 0.489 e. The Balaban J connectivity index is 0.00000392. The van der Waals surface area contributed by atoms with Crippen molar-refractivity contribution in [2.24, 2.45) is 10.7 Å². The Morgan fingerprint density at radius 3 is 2.54 bits per heavy atom. The van der Waals surface area contributed by atoms with Gasteiger partial charge in [0, 0.05) is 25.7 Å². The smallest absolute Gasteiger partial charge is 0.231 e. The molecule has 1 aromatic rings. The molecule has 0 aromatic heterocycles. The fourth-order valence-electron chi connectivity index (χ4n) is 3.08. The molecule has 0 spiro atoms. The number of piperidine rings is 1. The lowest BCUT2D eigenvalue weighted by molar-refractivity contribution is -0.119. The van der Waals surface area contributed by atoms with Gasteiger partial charge in [0.2, 0.25) is 5.91 Å². The van der Waals surface area contributed by atoms with Gasteiger partial charge in [0.15, 0.2) is 5.96 Å². The maximum absolute atomic E-state index is 11.0. The number of guanidine groups is 1. The average Bonchev–Trinajstić information content (AvgIpc) is 2.63. The minimum Gasteiger partial charge on any atom is -0.489 e. The van der Waals surface area contributed by atoms with E-state index in [9.17, 15) is 4.79 Å². The molecular weight excluding hydrogens is 469 g/mol. The number of primary amides is 1. The van der Waals surface area contributed by atoms with Crippen molar-refractivity contribution >= 4 is 35.8 Å². The Hall–Kier alpha value is -1.55. The summed E-state index contributed by atoms with van der Waals surface area (Å²) in [4.78, 5) is 17.8. The van der Waals surface area contributed by atoms with Crippen LogP contribution in [-0.4, -0.2) is 61.6 Å². The monoisotopic (exact) mass is 503 g/mol. The molecule has 1 amide bonds. The van der Waals surface area contributed by atoms with Crippen molar-refractivity contribution in [3.63, 3.8) is 0 Å². The summed E-state index contributed by atoms with van der Waals surface area (Å²) >= 11 is 0. The molecule has 1 unspecified atom stereocenters. The summed E-state index contributed by atoms with van der Waals surface area (Å²) in [6, 6.07) is 8.40. The van der Waals surface area contributed by atoms with Gasteiger partial charge in [-0.2, -0.15) is 0 Å². The number of nitrogens with one attached hydrogen (secondary N) is 2. The van der Waals surface area contributed by atoms with Crippen molar-refractivity contribution < 1.29 is 9.53 Å². The van der Waals surface area contributed by atoms with Gasteiger partial charge in [-0.25, -0.2) is 4.99 Å². The highest BCUT2D eigenvalue weighted by Crippen LogP contribution is 2.13. The molecule has 4 N–H and O–H groups in total. The van der Waals surface area contributed by atoms with Crippen LogP contribution in [0.1, 0.15) is 32.3 Å². The quantitative estimate of drug-likeness (QED) is 0.286. The normalized spacial score (nSPS) is 16.8. The van der Waals surface area contributed by atoms with Crippen LogP contribution in [0.15, 0.2) is 29.3 Å². The number of rotatable bonds is 8. The standard InChI is InChI=1S/C20H33N5O2.HI/c1-4-22-20(24-17-9-11-25(12-10-17)14-19(21)26)23-13-16(3)27-18-7-5-15(2)6-8-18;/h5-8,16-17H,4,9-14H2,1-3H3,(H2,21,26)(H2,22,23,24);1H. The summed E-state index contributed by atoms with van der Waals surface area (Å²) in [6.45, 7) is 9.59. The van der Waals surface area contributed by atoms with Crippen molar-refractivity contribution in [1.82, 2.24) is 15.5 Å². The van der Waals surface area contributed by atoms with Crippen LogP contribution in [0, 0.1) is 6.92 Å². The minimum atomic E-state index is -0.265. The molecule has 7 nitrogen and oxygen atoms in total. The van der Waals surface area contributed by atoms with Crippen LogP contribution >= 0.6 is 24.0 Å². The number of ether oxygens (including phenoxy) is 1. The number of nitrogens with zero attached hydrogens (tertiary/aromatic N) is 2. The first-order chi connectivity index (χ1) is 13.0. The van der Waals surface area contributed by atoms with Crippen LogP contribution < -0.4 is 21.1 Å². The lowest BCUT2D eigenvalue weighted by Crippen LogP contribution is -2.50. The summed E-state index contributed by atoms with van der Waals surface area (Å²) in [5.74, 6) is 1.41. The number of nitrogens with two attached hydrogens (primary N) is 1. The first-order valence-electron chi connectivity index (χ1n) is 9.75. The van der Waals surface area contributed by atoms with Crippen molar-refractivity contribution in [1.29, 1.82) is 0 Å². The Morgan fingerprint density at radius 2 is 1.96 bits per heavy atom. The van der Waals surface area contributed by atoms with Gasteiger partial charge in [-0.15, -0.1) is 24.0 Å². The molecule has 28 heavy (non-hydrogen) atoms. The molecule has 0 radical (unpaired) electrons. The second-order valence-corrected chi connectivity index (χ2v) is 7.12. The maximum atomic E-state index is 11.0. The molecule has 1 heterocycles. The topological polar surface area (TPSA) is 92.0 Å². The minimum absolute atomic E-state index is 0. The Kier molecular flexibility index (Phi) is 11.2. The summed E-state index contributed by atoms with van der Waals surface area (Å²) in [5.41, 5.74) is 6.49. The zero-order valence-electron chi connectivity index (χ0n) is 17.1. The van der Waals surface area contributed by atoms with E-state index in [0.717, 1.165) is 44.2 Å². The van der Waals surface area contributed by atoms with Gasteiger partial charge in [0.1, 0.15) is 11.9 Å². The number of hydrogen-bond acceptors (Lipinski definition) is 4. The molecule has 1 fully saturated rings. The van der Waals surface area contributed by atoms with Crippen LogP contribution in [0.3, 0.4) is 0 Å². The van der Waals surface area contributed by atoms with E-state index < -0.39 is 0 Å². The van der Waals surface area contributed by atoms with E-state index in [4.69, 9.17) is 10.5 Å². The number of benzene rings is 1. The van der Waals surface area contributed by atoms with Gasteiger partial charge in [-0.05, 0) is 45.7 Å². The van der Waals surface area contributed by atoms with Gasteiger partial charge >= 0.3 is 0 Å². The number of aliphatic imine (C=N–C) groups is 1. The maximum Gasteiger partial charge on any atom is 0.231 e. The summed E-state index contributed by atoms with van der Waals surface area (Å²) in [7, 11) is 0. The molecule has 8 heteroatoms. The lowest BCUT2D eigenvalue weighted by Gasteiger charge is -2.32. The van der Waals surface area contributed by atoms with Crippen LogP contribution in [-0.2, 0) is 4.79 Å². The van der Waals surface area contributed by atoms with Crippen LogP contribution in [0.2, 0.25) is 0 Å². The molecule has 1 saturated heterocycles. The van der Waals surface area contributed by atoms with E-state index in [1.54, 1.807) is 0 Å². The zero-order valence-corrected chi connectivity index (χ0v) is 19.4. The molecule has 1 aliphatic rings. The highest BCUT2D eigenvalue weighted by molar-refractivity contribution is 14.0. The fraction of sp³-hybridized carbons (Fsp3) is 0.600. The van der Waals surface area contributed by atoms with Gasteiger partial charge < -0.3 is 21.1 Å². The Morgan fingerprint density at radius 1 is 1.32 bits per heavy atom. The number of amides is 1. The molecule has 0 aliphatic carbocycles. The van der Waals surface area contributed by atoms with Crippen molar-refractivity contribution in [2.75, 3.05) is 32.7 Å². The second-order valence-electron chi connectivity index (χ2n) is 7.12. The number of halogens is 1. The molecular formula is C20H34IN5O2. The van der Waals surface area contributed by atoms with Crippen LogP contribution in [0.5, 0.6) is 5.75 Å². The first kappa shape index (κ1) is 24.5. The average molecular weight is 503 g/mol. The molecule has 1 atom stereocenters. The lowest BCUT2D eigenvalue weighted by atomic mass is 10.1. The predicted molar refractivity (Wildman–Crippen MR) is 124 cm³/mol. The molecule has 0 bridgehead atoms. The van der Waals surface area contributed by atoms with Crippen molar-refractivity contribution in [3.05, 3.63) is 29.8 Å². The van der Waals surface area contributed by atoms with Gasteiger partial charge in [0.05, 0.1) is 13.1 Å². The first-order valence-corrected chi connectivity index (χ1v) is 9.75. The molecule has 1 aromatic carbocycles. The van der Waals surface area contributed by atoms with E-state index in [2.05, 4.69) is 34.4 Å². The number of carbonyl (C=O) groups is 1. The Bertz CT molecular complexity index is 616. The third-order valence-electron chi connectivity index (χ3n) is 4.52. The van der Waals surface area contributed by atoms with Crippen molar-refractivity contribution in [2.45, 2.75) is 45.8 Å². The third kappa shape index (κ3) is 9.09. The summed E-state index contributed by atoms with van der Waals surface area (Å²) in [5, 5.41) is 6.79. The van der Waals surface area contributed by atoms with E-state index in [-0.39, 0.29) is 36.0 Å². The molecule has 1 aliphatic heterocycles.